The smallest absolute Gasteiger partial charge is 0.260 e. The number of carbonyl (C=O) groups is 1. The molecule has 3 rings (SSSR count). The summed E-state index contributed by atoms with van der Waals surface area (Å²) < 4.78 is 5.62. The first kappa shape index (κ1) is 17.9. The van der Waals surface area contributed by atoms with E-state index in [1.165, 1.54) is 31.0 Å². The third-order valence-corrected chi connectivity index (χ3v) is 3.47. The highest BCUT2D eigenvalue weighted by molar-refractivity contribution is 6.07. The van der Waals surface area contributed by atoms with Crippen molar-refractivity contribution in [3.8, 4) is 11.5 Å². The summed E-state index contributed by atoms with van der Waals surface area (Å²) in [5.41, 5.74) is 6.42. The van der Waals surface area contributed by atoms with Gasteiger partial charge in [-0.1, -0.05) is 13.0 Å². The highest BCUT2D eigenvalue weighted by atomic mass is 16.5. The number of hydrogen-bond acceptors (Lipinski definition) is 7. The maximum absolute atomic E-state index is 12.7. The fraction of sp³-hybridized carbons (Fsp3) is 0.111. The number of aromatic nitrogens is 4. The molecule has 9 nitrogen and oxygen atoms in total. The van der Waals surface area contributed by atoms with E-state index in [1.807, 2.05) is 19.1 Å². The lowest BCUT2D eigenvalue weighted by molar-refractivity contribution is 0.102. The van der Waals surface area contributed by atoms with Crippen LogP contribution in [-0.2, 0) is 6.42 Å². The Kier molecular flexibility index (Phi) is 5.63. The van der Waals surface area contributed by atoms with Gasteiger partial charge in [-0.2, -0.15) is 0 Å². The zero-order valence-corrected chi connectivity index (χ0v) is 14.5. The summed E-state index contributed by atoms with van der Waals surface area (Å²) in [4.78, 5) is 32.9. The standard InChI is InChI=1S/C18H17N7O2.H2/c1-2-12-4-3-5-16(24-12)25-18(26)15-6-13(9-22-17(15)23-10-19)27-14-7-20-11-21-8-14;/h3-11H,2H2,1H3,(H2,19,22,23)(H,24,25,26);1H. The van der Waals surface area contributed by atoms with Crippen LogP contribution in [0.5, 0.6) is 11.5 Å². The Labute approximate surface area is 156 Å². The van der Waals surface area contributed by atoms with Crippen LogP contribution in [-0.4, -0.2) is 32.2 Å². The van der Waals surface area contributed by atoms with Crippen LogP contribution in [0.3, 0.4) is 0 Å². The monoisotopic (exact) mass is 365 g/mol. The summed E-state index contributed by atoms with van der Waals surface area (Å²) in [6.07, 6.45) is 7.65. The summed E-state index contributed by atoms with van der Waals surface area (Å²) in [5.74, 6) is 0.918. The fourth-order valence-corrected chi connectivity index (χ4v) is 2.24. The number of carbonyl (C=O) groups excluding carboxylic acids is 1. The molecule has 0 saturated heterocycles. The summed E-state index contributed by atoms with van der Waals surface area (Å²) >= 11 is 0. The molecule has 0 saturated carbocycles. The second-order valence-corrected chi connectivity index (χ2v) is 5.32. The van der Waals surface area contributed by atoms with E-state index in [2.05, 4.69) is 30.2 Å². The van der Waals surface area contributed by atoms with Crippen molar-refractivity contribution in [2.45, 2.75) is 13.3 Å². The van der Waals surface area contributed by atoms with Gasteiger partial charge in [-0.25, -0.2) is 24.9 Å². The minimum atomic E-state index is -0.432. The van der Waals surface area contributed by atoms with Crippen LogP contribution in [0.1, 0.15) is 24.4 Å². The first-order chi connectivity index (χ1) is 13.2. The lowest BCUT2D eigenvalue weighted by Gasteiger charge is -2.10. The largest absolute Gasteiger partial charge is 0.452 e. The lowest BCUT2D eigenvalue weighted by atomic mass is 10.2. The molecule has 0 unspecified atom stereocenters. The van der Waals surface area contributed by atoms with E-state index in [0.717, 1.165) is 18.5 Å². The highest BCUT2D eigenvalue weighted by Crippen LogP contribution is 2.25. The van der Waals surface area contributed by atoms with Crippen LogP contribution < -0.4 is 15.8 Å². The number of amides is 1. The quantitative estimate of drug-likeness (QED) is 0.507. The van der Waals surface area contributed by atoms with Crippen molar-refractivity contribution in [1.29, 1.82) is 0 Å². The van der Waals surface area contributed by atoms with Crippen LogP contribution in [0.4, 0.5) is 11.6 Å². The Hall–Kier alpha value is -3.88. The van der Waals surface area contributed by atoms with E-state index >= 15 is 0 Å². The van der Waals surface area contributed by atoms with Crippen LogP contribution in [0.2, 0.25) is 0 Å². The molecule has 0 aliphatic rings. The first-order valence-electron chi connectivity index (χ1n) is 8.14. The minimum Gasteiger partial charge on any atom is -0.452 e. The molecule has 27 heavy (non-hydrogen) atoms. The summed E-state index contributed by atoms with van der Waals surface area (Å²) in [6.45, 7) is 1.99. The Morgan fingerprint density at radius 1 is 1.30 bits per heavy atom. The van der Waals surface area contributed by atoms with E-state index in [1.54, 1.807) is 6.07 Å². The average Bonchev–Trinajstić information content (AvgIpc) is 2.70. The Bertz CT molecular complexity index is 967. The van der Waals surface area contributed by atoms with Crippen LogP contribution in [0.15, 0.2) is 54.2 Å². The molecule has 138 valence electrons. The molecule has 0 aliphatic carbocycles. The van der Waals surface area contributed by atoms with Gasteiger partial charge in [-0.15, -0.1) is 0 Å². The molecule has 0 radical (unpaired) electrons. The zero-order chi connectivity index (χ0) is 19.1. The lowest BCUT2D eigenvalue weighted by Crippen LogP contribution is -2.14. The zero-order valence-electron chi connectivity index (χ0n) is 14.5. The predicted molar refractivity (Wildman–Crippen MR) is 102 cm³/mol. The van der Waals surface area contributed by atoms with Crippen molar-refractivity contribution in [3.63, 3.8) is 0 Å². The van der Waals surface area contributed by atoms with Gasteiger partial charge in [0.15, 0.2) is 11.6 Å². The Balaban J connectivity index is 0.00000280. The molecule has 3 N–H and O–H groups in total. The third-order valence-electron chi connectivity index (χ3n) is 3.47. The third kappa shape index (κ3) is 4.60. The molecule has 3 heterocycles. The van der Waals surface area contributed by atoms with Gasteiger partial charge in [0.1, 0.15) is 17.9 Å². The summed E-state index contributed by atoms with van der Waals surface area (Å²) in [5, 5.41) is 2.74. The van der Waals surface area contributed by atoms with E-state index in [0.29, 0.717) is 17.3 Å². The van der Waals surface area contributed by atoms with E-state index < -0.39 is 5.91 Å². The van der Waals surface area contributed by atoms with E-state index in [4.69, 9.17) is 10.5 Å². The maximum atomic E-state index is 12.7. The number of anilines is 1. The van der Waals surface area contributed by atoms with Gasteiger partial charge in [-0.3, -0.25) is 4.79 Å². The number of aryl methyl sites for hydroxylation is 1. The number of rotatable bonds is 6. The van der Waals surface area contributed by atoms with Gasteiger partial charge < -0.3 is 15.8 Å². The van der Waals surface area contributed by atoms with Crippen LogP contribution in [0, 0.1) is 0 Å². The summed E-state index contributed by atoms with van der Waals surface area (Å²) in [6, 6.07) is 6.94. The van der Waals surface area contributed by atoms with Gasteiger partial charge >= 0.3 is 0 Å². The first-order valence-corrected chi connectivity index (χ1v) is 8.14. The van der Waals surface area contributed by atoms with Crippen molar-refractivity contribution in [2.75, 3.05) is 5.32 Å². The van der Waals surface area contributed by atoms with Crippen molar-refractivity contribution >= 4 is 23.9 Å². The number of pyridine rings is 2. The normalized spacial score (nSPS) is 10.7. The molecule has 0 atom stereocenters. The van der Waals surface area contributed by atoms with Gasteiger partial charge in [0.05, 0.1) is 30.5 Å². The van der Waals surface area contributed by atoms with Crippen LogP contribution in [0.25, 0.3) is 0 Å². The highest BCUT2D eigenvalue weighted by Gasteiger charge is 2.15. The number of aliphatic imine (C=N–C) groups is 1. The molecule has 0 bridgehead atoms. The molecular weight excluding hydrogens is 346 g/mol. The second-order valence-electron chi connectivity index (χ2n) is 5.32. The number of ether oxygens (including phenoxy) is 1. The number of nitrogens with two attached hydrogens (primary N) is 1. The molecule has 0 spiro atoms. The molecule has 0 aliphatic heterocycles. The predicted octanol–water partition coefficient (Wildman–Crippen LogP) is 2.74. The molecule has 9 heteroatoms. The molecule has 0 aromatic carbocycles. The Morgan fingerprint density at radius 3 is 2.85 bits per heavy atom. The van der Waals surface area contributed by atoms with Crippen LogP contribution >= 0.6 is 0 Å². The fourth-order valence-electron chi connectivity index (χ4n) is 2.24. The topological polar surface area (TPSA) is 128 Å². The van der Waals surface area contributed by atoms with E-state index in [-0.39, 0.29) is 12.8 Å². The van der Waals surface area contributed by atoms with Crippen molar-refractivity contribution < 1.29 is 11.0 Å². The molecule has 0 fully saturated rings. The summed E-state index contributed by atoms with van der Waals surface area (Å²) in [7, 11) is 0. The van der Waals surface area contributed by atoms with Gasteiger partial charge in [0.25, 0.3) is 5.91 Å². The van der Waals surface area contributed by atoms with Crippen molar-refractivity contribution in [2.24, 2.45) is 10.7 Å². The molecule has 1 amide bonds. The maximum Gasteiger partial charge on any atom is 0.260 e. The SMILES string of the molecule is CCc1cccc(NC(=O)c2cc(Oc3cncnc3)cnc2/N=C\N)n1.[HH]. The Morgan fingerprint density at radius 2 is 2.11 bits per heavy atom. The van der Waals surface area contributed by atoms with E-state index in [9.17, 15) is 4.79 Å². The molecule has 3 aromatic rings. The van der Waals surface area contributed by atoms with Crippen molar-refractivity contribution in [3.05, 3.63) is 60.4 Å². The minimum absolute atomic E-state index is 0. The molecular formula is C18H19N7O2. The number of nitrogens with one attached hydrogen (secondary N) is 1. The van der Waals surface area contributed by atoms with Crippen molar-refractivity contribution in [1.82, 2.24) is 19.9 Å². The molecule has 3 aromatic heterocycles. The number of nitrogens with zero attached hydrogens (tertiary/aromatic N) is 5. The van der Waals surface area contributed by atoms with Gasteiger partial charge in [-0.05, 0) is 24.6 Å². The average molecular weight is 365 g/mol. The van der Waals surface area contributed by atoms with Gasteiger partial charge in [0, 0.05) is 7.12 Å². The second kappa shape index (κ2) is 8.48. The van der Waals surface area contributed by atoms with Gasteiger partial charge in [0.2, 0.25) is 0 Å². The number of hydrogen-bond donors (Lipinski definition) is 2.